The second kappa shape index (κ2) is 7.27. The lowest BCUT2D eigenvalue weighted by atomic mass is 9.69. The molecule has 2 rings (SSSR count). The summed E-state index contributed by atoms with van der Waals surface area (Å²) in [5, 5.41) is 12.1. The van der Waals surface area contributed by atoms with Crippen LogP contribution in [0, 0.1) is 12.3 Å². The number of carbonyl (C=O) groups excluding carboxylic acids is 1. The molecule has 120 valence electrons. The minimum Gasteiger partial charge on any atom is -0.481 e. The smallest absolute Gasteiger partial charge is 0.303 e. The number of nitrogens with one attached hydrogen (secondary N) is 1. The van der Waals surface area contributed by atoms with Crippen molar-refractivity contribution >= 4 is 33.5 Å². The summed E-state index contributed by atoms with van der Waals surface area (Å²) in [5.41, 5.74) is 1.39. The molecular formula is C17H22BrNO3. The monoisotopic (exact) mass is 367 g/mol. The Morgan fingerprint density at radius 3 is 2.50 bits per heavy atom. The van der Waals surface area contributed by atoms with E-state index in [1.807, 2.05) is 25.1 Å². The fraction of sp³-hybridized carbons (Fsp3) is 0.529. The van der Waals surface area contributed by atoms with Crippen molar-refractivity contribution in [2.75, 3.05) is 5.32 Å². The van der Waals surface area contributed by atoms with Gasteiger partial charge in [-0.3, -0.25) is 9.59 Å². The Balaban J connectivity index is 2.06. The summed E-state index contributed by atoms with van der Waals surface area (Å²) in [5.74, 6) is -0.900. The molecule has 0 radical (unpaired) electrons. The molecule has 2 N–H and O–H groups in total. The largest absolute Gasteiger partial charge is 0.481 e. The molecule has 1 aliphatic rings. The van der Waals surface area contributed by atoms with E-state index in [-0.39, 0.29) is 24.2 Å². The van der Waals surface area contributed by atoms with Crippen LogP contribution in [0.4, 0.5) is 5.69 Å². The van der Waals surface area contributed by atoms with Gasteiger partial charge in [-0.05, 0) is 48.9 Å². The van der Waals surface area contributed by atoms with Gasteiger partial charge in [0.2, 0.25) is 5.91 Å². The maximum Gasteiger partial charge on any atom is 0.303 e. The van der Waals surface area contributed by atoms with E-state index in [2.05, 4.69) is 21.2 Å². The van der Waals surface area contributed by atoms with Gasteiger partial charge in [0.05, 0.1) is 6.42 Å². The zero-order valence-corrected chi connectivity index (χ0v) is 14.4. The van der Waals surface area contributed by atoms with Crippen LogP contribution in [0.15, 0.2) is 22.7 Å². The Hall–Kier alpha value is -1.36. The molecule has 0 heterocycles. The third-order valence-corrected chi connectivity index (χ3v) is 4.93. The van der Waals surface area contributed by atoms with E-state index < -0.39 is 5.97 Å². The highest BCUT2D eigenvalue weighted by Gasteiger charge is 2.36. The van der Waals surface area contributed by atoms with Gasteiger partial charge >= 0.3 is 5.97 Å². The van der Waals surface area contributed by atoms with Crippen LogP contribution in [0.5, 0.6) is 0 Å². The van der Waals surface area contributed by atoms with Crippen LogP contribution in [-0.4, -0.2) is 17.0 Å². The highest BCUT2D eigenvalue weighted by atomic mass is 79.9. The summed E-state index contributed by atoms with van der Waals surface area (Å²) in [6.45, 7) is 1.94. The Morgan fingerprint density at radius 1 is 1.23 bits per heavy atom. The zero-order valence-electron chi connectivity index (χ0n) is 12.8. The lowest BCUT2D eigenvalue weighted by Gasteiger charge is -2.35. The molecule has 5 heteroatoms. The first-order valence-electron chi connectivity index (χ1n) is 7.68. The second-order valence-corrected chi connectivity index (χ2v) is 7.23. The molecule has 22 heavy (non-hydrogen) atoms. The Labute approximate surface area is 139 Å². The molecule has 4 nitrogen and oxygen atoms in total. The molecular weight excluding hydrogens is 346 g/mol. The number of aryl methyl sites for hydroxylation is 1. The predicted octanol–water partition coefficient (Wildman–Crippen LogP) is 4.51. The number of aliphatic carboxylic acids is 1. The predicted molar refractivity (Wildman–Crippen MR) is 89.9 cm³/mol. The van der Waals surface area contributed by atoms with Crippen molar-refractivity contribution < 1.29 is 14.7 Å². The summed E-state index contributed by atoms with van der Waals surface area (Å²) in [7, 11) is 0. The van der Waals surface area contributed by atoms with Gasteiger partial charge in [0.15, 0.2) is 0 Å². The summed E-state index contributed by atoms with van der Waals surface area (Å²) in [4.78, 5) is 23.6. The third kappa shape index (κ3) is 4.57. The number of benzene rings is 1. The normalized spacial score (nSPS) is 17.0. The van der Waals surface area contributed by atoms with Gasteiger partial charge in [0, 0.05) is 16.6 Å². The van der Waals surface area contributed by atoms with Crippen molar-refractivity contribution in [2.24, 2.45) is 5.41 Å². The van der Waals surface area contributed by atoms with E-state index in [9.17, 15) is 14.7 Å². The number of amides is 1. The Bertz CT molecular complexity index is 565. The number of halogens is 1. The van der Waals surface area contributed by atoms with Crippen molar-refractivity contribution in [3.8, 4) is 0 Å². The van der Waals surface area contributed by atoms with Crippen LogP contribution in [0.1, 0.15) is 50.5 Å². The van der Waals surface area contributed by atoms with Crippen molar-refractivity contribution in [3.63, 3.8) is 0 Å². The summed E-state index contributed by atoms with van der Waals surface area (Å²) in [6.07, 6.45) is 5.18. The summed E-state index contributed by atoms with van der Waals surface area (Å²) in [6, 6.07) is 5.70. The molecule has 1 aliphatic carbocycles. The van der Waals surface area contributed by atoms with E-state index in [0.29, 0.717) is 0 Å². The molecule has 0 unspecified atom stereocenters. The molecule has 0 bridgehead atoms. The number of rotatable bonds is 5. The number of hydrogen-bond donors (Lipinski definition) is 2. The first-order valence-corrected chi connectivity index (χ1v) is 8.47. The third-order valence-electron chi connectivity index (χ3n) is 4.44. The average Bonchev–Trinajstić information content (AvgIpc) is 2.42. The molecule has 1 aromatic carbocycles. The number of anilines is 1. The van der Waals surface area contributed by atoms with Crippen LogP contribution >= 0.6 is 15.9 Å². The van der Waals surface area contributed by atoms with Crippen LogP contribution < -0.4 is 5.32 Å². The second-order valence-electron chi connectivity index (χ2n) is 6.32. The minimum absolute atomic E-state index is 0.0831. The van der Waals surface area contributed by atoms with Crippen LogP contribution in [0.25, 0.3) is 0 Å². The maximum absolute atomic E-state index is 12.4. The average molecular weight is 368 g/mol. The summed E-state index contributed by atoms with van der Waals surface area (Å²) >= 11 is 3.40. The molecule has 0 spiro atoms. The zero-order chi connectivity index (χ0) is 16.2. The van der Waals surface area contributed by atoms with Gasteiger partial charge < -0.3 is 10.4 Å². The molecule has 0 aliphatic heterocycles. The molecule has 1 amide bonds. The van der Waals surface area contributed by atoms with Crippen molar-refractivity contribution in [3.05, 3.63) is 28.2 Å². The Morgan fingerprint density at radius 2 is 1.91 bits per heavy atom. The van der Waals surface area contributed by atoms with E-state index in [4.69, 9.17) is 0 Å². The van der Waals surface area contributed by atoms with E-state index in [1.165, 1.54) is 0 Å². The first-order chi connectivity index (χ1) is 10.4. The SMILES string of the molecule is Cc1cc(Br)ccc1NC(=O)CC1(CC(=O)O)CCCCC1. The molecule has 1 fully saturated rings. The quantitative estimate of drug-likeness (QED) is 0.804. The number of hydrogen-bond acceptors (Lipinski definition) is 2. The fourth-order valence-electron chi connectivity index (χ4n) is 3.34. The van der Waals surface area contributed by atoms with Crippen LogP contribution in [0.2, 0.25) is 0 Å². The highest BCUT2D eigenvalue weighted by Crippen LogP contribution is 2.42. The van der Waals surface area contributed by atoms with Gasteiger partial charge in [-0.15, -0.1) is 0 Å². The topological polar surface area (TPSA) is 66.4 Å². The Kier molecular flexibility index (Phi) is 5.62. The lowest BCUT2D eigenvalue weighted by molar-refractivity contribution is -0.140. The van der Waals surface area contributed by atoms with Gasteiger partial charge in [-0.2, -0.15) is 0 Å². The van der Waals surface area contributed by atoms with E-state index >= 15 is 0 Å². The fourth-order valence-corrected chi connectivity index (χ4v) is 3.82. The van der Waals surface area contributed by atoms with Crippen molar-refractivity contribution in [1.82, 2.24) is 0 Å². The molecule has 0 saturated heterocycles. The molecule has 0 aromatic heterocycles. The van der Waals surface area contributed by atoms with E-state index in [0.717, 1.165) is 47.8 Å². The van der Waals surface area contributed by atoms with Gasteiger partial charge in [-0.25, -0.2) is 0 Å². The minimum atomic E-state index is -0.811. The highest BCUT2D eigenvalue weighted by molar-refractivity contribution is 9.10. The lowest BCUT2D eigenvalue weighted by Crippen LogP contribution is -2.32. The van der Waals surface area contributed by atoms with Gasteiger partial charge in [0.25, 0.3) is 0 Å². The van der Waals surface area contributed by atoms with Crippen LogP contribution in [-0.2, 0) is 9.59 Å². The van der Waals surface area contributed by atoms with Crippen molar-refractivity contribution in [1.29, 1.82) is 0 Å². The number of carboxylic acid groups (broad SMARTS) is 1. The number of carboxylic acids is 1. The van der Waals surface area contributed by atoms with Gasteiger partial charge in [-0.1, -0.05) is 35.2 Å². The molecule has 1 saturated carbocycles. The molecule has 0 atom stereocenters. The number of carbonyl (C=O) groups is 2. The first kappa shape index (κ1) is 17.0. The maximum atomic E-state index is 12.4. The van der Waals surface area contributed by atoms with Crippen LogP contribution in [0.3, 0.4) is 0 Å². The van der Waals surface area contributed by atoms with E-state index in [1.54, 1.807) is 0 Å². The standard InChI is InChI=1S/C17H22BrNO3/c1-12-9-13(18)5-6-14(12)19-15(20)10-17(11-16(21)22)7-3-2-4-8-17/h5-6,9H,2-4,7-8,10-11H2,1H3,(H,19,20)(H,21,22). The van der Waals surface area contributed by atoms with Gasteiger partial charge in [0.1, 0.15) is 0 Å². The van der Waals surface area contributed by atoms with Crippen molar-refractivity contribution in [2.45, 2.75) is 51.9 Å². The summed E-state index contributed by atoms with van der Waals surface area (Å²) < 4.78 is 0.970. The molecule has 1 aromatic rings.